The summed E-state index contributed by atoms with van der Waals surface area (Å²) in [4.78, 5) is 0.233. The zero-order valence-corrected chi connectivity index (χ0v) is 14.1. The van der Waals surface area contributed by atoms with E-state index in [0.717, 1.165) is 25.7 Å². The van der Waals surface area contributed by atoms with E-state index in [2.05, 4.69) is 0 Å². The van der Waals surface area contributed by atoms with Gasteiger partial charge in [0.15, 0.2) is 0 Å². The summed E-state index contributed by atoms with van der Waals surface area (Å²) < 4.78 is 27.6. The third-order valence-electron chi connectivity index (χ3n) is 3.85. The molecule has 6 heteroatoms. The SMILES string of the molecule is CC(C)CN(C1CCCC1)S(=O)(=O)c1ccc(Cl)c(N)c1. The molecular formula is C15H23ClN2O2S. The molecule has 0 aromatic heterocycles. The van der Waals surface area contributed by atoms with Crippen molar-refractivity contribution >= 4 is 27.3 Å². The first kappa shape index (κ1) is 16.6. The van der Waals surface area contributed by atoms with E-state index in [0.29, 0.717) is 17.3 Å². The van der Waals surface area contributed by atoms with Crippen LogP contribution in [0.4, 0.5) is 5.69 Å². The Morgan fingerprint density at radius 1 is 1.33 bits per heavy atom. The minimum absolute atomic E-state index is 0.106. The van der Waals surface area contributed by atoms with Crippen molar-refractivity contribution in [1.29, 1.82) is 0 Å². The average Bonchev–Trinajstić information content (AvgIpc) is 2.92. The first-order valence-corrected chi connectivity index (χ1v) is 9.21. The molecule has 118 valence electrons. The van der Waals surface area contributed by atoms with Crippen molar-refractivity contribution in [3.63, 3.8) is 0 Å². The summed E-state index contributed by atoms with van der Waals surface area (Å²) in [6.45, 7) is 4.61. The molecule has 1 aliphatic rings. The van der Waals surface area contributed by atoms with Crippen molar-refractivity contribution in [2.24, 2.45) is 5.92 Å². The number of halogens is 1. The van der Waals surface area contributed by atoms with Gasteiger partial charge >= 0.3 is 0 Å². The summed E-state index contributed by atoms with van der Waals surface area (Å²) in [6.07, 6.45) is 4.07. The lowest BCUT2D eigenvalue weighted by molar-refractivity contribution is 0.292. The lowest BCUT2D eigenvalue weighted by Crippen LogP contribution is -2.41. The molecule has 0 heterocycles. The van der Waals surface area contributed by atoms with Crippen LogP contribution in [0.1, 0.15) is 39.5 Å². The number of sulfonamides is 1. The summed E-state index contributed by atoms with van der Waals surface area (Å²) in [5, 5.41) is 0.380. The van der Waals surface area contributed by atoms with Crippen LogP contribution < -0.4 is 5.73 Å². The van der Waals surface area contributed by atoms with E-state index >= 15 is 0 Å². The van der Waals surface area contributed by atoms with Crippen LogP contribution in [-0.4, -0.2) is 25.3 Å². The highest BCUT2D eigenvalue weighted by Crippen LogP contribution is 2.31. The molecule has 21 heavy (non-hydrogen) atoms. The molecule has 0 unspecified atom stereocenters. The van der Waals surface area contributed by atoms with Crippen LogP contribution in [0.5, 0.6) is 0 Å². The Morgan fingerprint density at radius 3 is 2.48 bits per heavy atom. The van der Waals surface area contributed by atoms with Gasteiger partial charge in [-0.05, 0) is 37.0 Å². The zero-order chi connectivity index (χ0) is 15.6. The number of hydrogen-bond acceptors (Lipinski definition) is 3. The molecule has 1 saturated carbocycles. The van der Waals surface area contributed by atoms with E-state index in [9.17, 15) is 8.42 Å². The molecule has 2 rings (SSSR count). The van der Waals surface area contributed by atoms with Gasteiger partial charge in [-0.1, -0.05) is 38.3 Å². The van der Waals surface area contributed by atoms with Crippen molar-refractivity contribution in [3.8, 4) is 0 Å². The Labute approximate surface area is 132 Å². The Hall–Kier alpha value is -0.780. The van der Waals surface area contributed by atoms with Gasteiger partial charge in [0.05, 0.1) is 15.6 Å². The lowest BCUT2D eigenvalue weighted by Gasteiger charge is -2.29. The molecule has 0 spiro atoms. The summed E-state index contributed by atoms with van der Waals surface area (Å²) in [7, 11) is -3.52. The molecule has 0 saturated heterocycles. The van der Waals surface area contributed by atoms with E-state index in [1.54, 1.807) is 10.4 Å². The molecule has 1 aliphatic carbocycles. The molecule has 1 aromatic carbocycles. The van der Waals surface area contributed by atoms with Crippen molar-refractivity contribution in [2.75, 3.05) is 12.3 Å². The van der Waals surface area contributed by atoms with Gasteiger partial charge in [0.2, 0.25) is 10.0 Å². The Bertz CT molecular complexity index is 596. The summed E-state index contributed by atoms with van der Waals surface area (Å²) in [5.41, 5.74) is 6.06. The highest BCUT2D eigenvalue weighted by Gasteiger charge is 2.33. The normalized spacial score (nSPS) is 17.0. The van der Waals surface area contributed by atoms with Crippen LogP contribution in [-0.2, 0) is 10.0 Å². The monoisotopic (exact) mass is 330 g/mol. The second-order valence-corrected chi connectivity index (χ2v) is 8.39. The average molecular weight is 331 g/mol. The van der Waals surface area contributed by atoms with Crippen molar-refractivity contribution in [1.82, 2.24) is 4.31 Å². The zero-order valence-electron chi connectivity index (χ0n) is 12.5. The molecule has 0 aliphatic heterocycles. The minimum Gasteiger partial charge on any atom is -0.397 e. The number of hydrogen-bond donors (Lipinski definition) is 1. The van der Waals surface area contributed by atoms with E-state index in [4.69, 9.17) is 17.3 Å². The van der Waals surface area contributed by atoms with Crippen LogP contribution in [0.2, 0.25) is 5.02 Å². The van der Waals surface area contributed by atoms with Gasteiger partial charge in [-0.15, -0.1) is 0 Å². The first-order chi connectivity index (χ1) is 9.82. The number of nitrogens with zero attached hydrogens (tertiary/aromatic N) is 1. The molecule has 0 bridgehead atoms. The molecule has 0 radical (unpaired) electrons. The summed E-state index contributed by atoms with van der Waals surface area (Å²) in [6, 6.07) is 4.65. The van der Waals surface area contributed by atoms with Gasteiger partial charge in [0.25, 0.3) is 0 Å². The second kappa shape index (κ2) is 6.55. The Morgan fingerprint density at radius 2 is 1.95 bits per heavy atom. The molecule has 0 amide bonds. The van der Waals surface area contributed by atoms with Gasteiger partial charge in [-0.3, -0.25) is 0 Å². The smallest absolute Gasteiger partial charge is 0.243 e. The van der Waals surface area contributed by atoms with Crippen LogP contribution in [0, 0.1) is 5.92 Å². The number of nitrogens with two attached hydrogens (primary N) is 1. The lowest BCUT2D eigenvalue weighted by atomic mass is 10.2. The van der Waals surface area contributed by atoms with E-state index in [-0.39, 0.29) is 16.9 Å². The summed E-state index contributed by atoms with van der Waals surface area (Å²) in [5.74, 6) is 0.282. The number of benzene rings is 1. The highest BCUT2D eigenvalue weighted by molar-refractivity contribution is 7.89. The van der Waals surface area contributed by atoms with Crippen LogP contribution >= 0.6 is 11.6 Å². The van der Waals surface area contributed by atoms with Crippen LogP contribution in [0.25, 0.3) is 0 Å². The largest absolute Gasteiger partial charge is 0.397 e. The third-order valence-corrected chi connectivity index (χ3v) is 6.11. The Balaban J connectivity index is 2.38. The third kappa shape index (κ3) is 3.71. The first-order valence-electron chi connectivity index (χ1n) is 7.39. The fourth-order valence-corrected chi connectivity index (χ4v) is 4.82. The van der Waals surface area contributed by atoms with Gasteiger partial charge in [0, 0.05) is 12.6 Å². The van der Waals surface area contributed by atoms with E-state index < -0.39 is 10.0 Å². The maximum absolute atomic E-state index is 12.9. The summed E-state index contributed by atoms with van der Waals surface area (Å²) >= 11 is 5.89. The van der Waals surface area contributed by atoms with Crippen molar-refractivity contribution in [3.05, 3.63) is 23.2 Å². The van der Waals surface area contributed by atoms with Gasteiger partial charge in [-0.2, -0.15) is 4.31 Å². The highest BCUT2D eigenvalue weighted by atomic mass is 35.5. The molecule has 0 atom stereocenters. The molecule has 1 aromatic rings. The fourth-order valence-electron chi connectivity index (χ4n) is 2.81. The number of rotatable bonds is 5. The van der Waals surface area contributed by atoms with Gasteiger partial charge in [0.1, 0.15) is 0 Å². The molecule has 2 N–H and O–H groups in total. The van der Waals surface area contributed by atoms with Crippen LogP contribution in [0.15, 0.2) is 23.1 Å². The second-order valence-electron chi connectivity index (χ2n) is 6.09. The minimum atomic E-state index is -3.52. The standard InChI is InChI=1S/C15H23ClN2O2S/c1-11(2)10-18(12-5-3-4-6-12)21(19,20)13-7-8-14(16)15(17)9-13/h7-9,11-12H,3-6,10,17H2,1-2H3. The fraction of sp³-hybridized carbons (Fsp3) is 0.600. The molecular weight excluding hydrogens is 308 g/mol. The topological polar surface area (TPSA) is 63.4 Å². The quantitative estimate of drug-likeness (QED) is 0.840. The van der Waals surface area contributed by atoms with Crippen LogP contribution in [0.3, 0.4) is 0 Å². The maximum atomic E-state index is 12.9. The van der Waals surface area contributed by atoms with Crippen molar-refractivity contribution < 1.29 is 8.42 Å². The molecule has 1 fully saturated rings. The maximum Gasteiger partial charge on any atom is 0.243 e. The molecule has 4 nitrogen and oxygen atoms in total. The predicted octanol–water partition coefficient (Wildman–Crippen LogP) is 3.51. The van der Waals surface area contributed by atoms with Crippen molar-refractivity contribution in [2.45, 2.75) is 50.5 Å². The van der Waals surface area contributed by atoms with E-state index in [1.807, 2.05) is 13.8 Å². The van der Waals surface area contributed by atoms with Gasteiger partial charge in [-0.25, -0.2) is 8.42 Å². The number of anilines is 1. The van der Waals surface area contributed by atoms with E-state index in [1.165, 1.54) is 12.1 Å². The predicted molar refractivity (Wildman–Crippen MR) is 86.9 cm³/mol. The van der Waals surface area contributed by atoms with Gasteiger partial charge < -0.3 is 5.73 Å². The Kier molecular flexibility index (Phi) is 5.17. The number of nitrogen functional groups attached to an aromatic ring is 1.